The van der Waals surface area contributed by atoms with Crippen molar-refractivity contribution in [2.24, 2.45) is 0 Å². The summed E-state index contributed by atoms with van der Waals surface area (Å²) < 4.78 is 0. The molecule has 0 aliphatic carbocycles. The molecule has 3 rings (SSSR count). The van der Waals surface area contributed by atoms with Gasteiger partial charge in [0.05, 0.1) is 16.7 Å². The van der Waals surface area contributed by atoms with Gasteiger partial charge in [-0.1, -0.05) is 36.4 Å². The van der Waals surface area contributed by atoms with Gasteiger partial charge in [-0.2, -0.15) is 0 Å². The van der Waals surface area contributed by atoms with Crippen LogP contribution in [0.3, 0.4) is 0 Å². The molecule has 1 aromatic carbocycles. The normalized spacial score (nSPS) is 11.9. The monoisotopic (exact) mass is 351 g/mol. The molecule has 3 aromatic rings. The van der Waals surface area contributed by atoms with Gasteiger partial charge in [-0.15, -0.1) is 11.3 Å². The molecule has 25 heavy (non-hydrogen) atoms. The van der Waals surface area contributed by atoms with E-state index >= 15 is 0 Å². The van der Waals surface area contributed by atoms with Gasteiger partial charge in [0.25, 0.3) is 5.91 Å². The summed E-state index contributed by atoms with van der Waals surface area (Å²) in [5, 5.41) is 4.03. The molecule has 0 bridgehead atoms. The van der Waals surface area contributed by atoms with Gasteiger partial charge in [-0.05, 0) is 38.0 Å². The summed E-state index contributed by atoms with van der Waals surface area (Å²) in [7, 11) is 0. The quantitative estimate of drug-likeness (QED) is 0.727. The molecule has 4 nitrogen and oxygen atoms in total. The van der Waals surface area contributed by atoms with Crippen molar-refractivity contribution in [3.63, 3.8) is 0 Å². The topological polar surface area (TPSA) is 54.9 Å². The average Bonchev–Trinajstić information content (AvgIpc) is 3.02. The molecule has 1 unspecified atom stereocenters. The molecule has 0 saturated carbocycles. The zero-order valence-electron chi connectivity index (χ0n) is 14.4. The molecule has 1 N–H and O–H groups in total. The van der Waals surface area contributed by atoms with Gasteiger partial charge < -0.3 is 5.32 Å². The highest BCUT2D eigenvalue weighted by molar-refractivity contribution is 7.13. The van der Waals surface area contributed by atoms with E-state index in [1.54, 1.807) is 6.20 Å². The smallest absolute Gasteiger partial charge is 0.263 e. The van der Waals surface area contributed by atoms with Gasteiger partial charge in [0.1, 0.15) is 4.88 Å². The van der Waals surface area contributed by atoms with Crippen LogP contribution in [-0.4, -0.2) is 15.9 Å². The fraction of sp³-hybridized carbons (Fsp3) is 0.250. The predicted octanol–water partition coefficient (Wildman–Crippen LogP) is 4.12. The first kappa shape index (κ1) is 17.3. The van der Waals surface area contributed by atoms with Gasteiger partial charge in [0.2, 0.25) is 0 Å². The first-order chi connectivity index (χ1) is 12.1. The maximum atomic E-state index is 12.6. The Balaban J connectivity index is 1.64. The van der Waals surface area contributed by atoms with Crippen LogP contribution in [-0.2, 0) is 12.8 Å². The van der Waals surface area contributed by atoms with Crippen LogP contribution in [0.5, 0.6) is 0 Å². The van der Waals surface area contributed by atoms with E-state index in [0.717, 1.165) is 34.8 Å². The van der Waals surface area contributed by atoms with Crippen LogP contribution in [0.15, 0.2) is 54.7 Å². The molecule has 0 aliphatic rings. The lowest BCUT2D eigenvalue weighted by molar-refractivity contribution is 0.0943. The van der Waals surface area contributed by atoms with E-state index in [0.29, 0.717) is 4.88 Å². The van der Waals surface area contributed by atoms with Crippen molar-refractivity contribution in [1.82, 2.24) is 15.3 Å². The highest BCUT2D eigenvalue weighted by atomic mass is 32.1. The fourth-order valence-electron chi connectivity index (χ4n) is 2.64. The number of aryl methyl sites for hydroxylation is 3. The summed E-state index contributed by atoms with van der Waals surface area (Å²) in [4.78, 5) is 22.2. The molecule has 0 aliphatic heterocycles. The Hall–Kier alpha value is -2.53. The Kier molecular flexibility index (Phi) is 5.56. The number of benzene rings is 1. The number of hydrogen-bond acceptors (Lipinski definition) is 4. The second-order valence-electron chi connectivity index (χ2n) is 5.95. The standard InChI is InChI=1S/C20H21N3OS/c1-14(16-8-4-3-5-9-16)23-20(24)19-15(2)22-18(25-19)12-11-17-10-6-7-13-21-17/h3-10,13-14H,11-12H2,1-2H3,(H,23,24). The van der Waals surface area contributed by atoms with E-state index in [4.69, 9.17) is 0 Å². The van der Waals surface area contributed by atoms with Crippen molar-refractivity contribution in [3.8, 4) is 0 Å². The van der Waals surface area contributed by atoms with Gasteiger partial charge in [0.15, 0.2) is 0 Å². The molecule has 0 spiro atoms. The van der Waals surface area contributed by atoms with Gasteiger partial charge in [0, 0.05) is 18.3 Å². The molecule has 2 aromatic heterocycles. The highest BCUT2D eigenvalue weighted by Gasteiger charge is 2.17. The van der Waals surface area contributed by atoms with Crippen LogP contribution < -0.4 is 5.32 Å². The van der Waals surface area contributed by atoms with Crippen LogP contribution in [0, 0.1) is 6.92 Å². The molecule has 0 fully saturated rings. The van der Waals surface area contributed by atoms with Crippen molar-refractivity contribution >= 4 is 17.2 Å². The molecule has 5 heteroatoms. The summed E-state index contributed by atoms with van der Waals surface area (Å²) in [5.41, 5.74) is 2.92. The van der Waals surface area contributed by atoms with Crippen LogP contribution in [0.4, 0.5) is 0 Å². The number of hydrogen-bond donors (Lipinski definition) is 1. The van der Waals surface area contributed by atoms with Crippen molar-refractivity contribution in [2.45, 2.75) is 32.7 Å². The summed E-state index contributed by atoms with van der Waals surface area (Å²) in [6.07, 6.45) is 3.42. The number of aromatic nitrogens is 2. The molecule has 1 amide bonds. The summed E-state index contributed by atoms with van der Waals surface area (Å²) >= 11 is 1.47. The van der Waals surface area contributed by atoms with E-state index < -0.39 is 0 Å². The van der Waals surface area contributed by atoms with Crippen molar-refractivity contribution in [2.75, 3.05) is 0 Å². The lowest BCUT2D eigenvalue weighted by Gasteiger charge is -2.13. The largest absolute Gasteiger partial charge is 0.345 e. The SMILES string of the molecule is Cc1nc(CCc2ccccn2)sc1C(=O)NC(C)c1ccccc1. The first-order valence-electron chi connectivity index (χ1n) is 8.35. The Morgan fingerprint density at radius 2 is 1.88 bits per heavy atom. The molecule has 128 valence electrons. The van der Waals surface area contributed by atoms with Gasteiger partial charge in [-0.3, -0.25) is 9.78 Å². The molecular formula is C20H21N3OS. The molecule has 2 heterocycles. The zero-order chi connectivity index (χ0) is 17.6. The second kappa shape index (κ2) is 8.03. The zero-order valence-corrected chi connectivity index (χ0v) is 15.2. The molecule has 0 radical (unpaired) electrons. The lowest BCUT2D eigenvalue weighted by atomic mass is 10.1. The van der Waals surface area contributed by atoms with Gasteiger partial charge in [-0.25, -0.2) is 4.98 Å². The number of thiazole rings is 1. The minimum atomic E-state index is -0.0598. The number of pyridine rings is 1. The first-order valence-corrected chi connectivity index (χ1v) is 9.17. The molecule has 1 atom stereocenters. The predicted molar refractivity (Wildman–Crippen MR) is 101 cm³/mol. The van der Waals surface area contributed by atoms with Crippen molar-refractivity contribution in [3.05, 3.63) is 81.6 Å². The number of nitrogens with zero attached hydrogens (tertiary/aromatic N) is 2. The Labute approximate surface area is 152 Å². The number of rotatable bonds is 6. The fourth-order valence-corrected chi connectivity index (χ4v) is 3.61. The third kappa shape index (κ3) is 4.51. The average molecular weight is 351 g/mol. The minimum Gasteiger partial charge on any atom is -0.345 e. The summed E-state index contributed by atoms with van der Waals surface area (Å²) in [6, 6.07) is 15.8. The number of nitrogens with one attached hydrogen (secondary N) is 1. The van der Waals surface area contributed by atoms with Crippen LogP contribution in [0.1, 0.15) is 44.6 Å². The molecular weight excluding hydrogens is 330 g/mol. The van der Waals surface area contributed by atoms with Crippen molar-refractivity contribution in [1.29, 1.82) is 0 Å². The van der Waals surface area contributed by atoms with E-state index in [1.165, 1.54) is 11.3 Å². The Bertz CT molecular complexity index is 831. The third-order valence-corrected chi connectivity index (χ3v) is 5.23. The van der Waals surface area contributed by atoms with Gasteiger partial charge >= 0.3 is 0 Å². The number of amides is 1. The van der Waals surface area contributed by atoms with E-state index in [2.05, 4.69) is 15.3 Å². The Morgan fingerprint density at radius 1 is 1.12 bits per heavy atom. The van der Waals surface area contributed by atoms with Crippen molar-refractivity contribution < 1.29 is 4.79 Å². The maximum absolute atomic E-state index is 12.6. The summed E-state index contributed by atoms with van der Waals surface area (Å²) in [6.45, 7) is 3.88. The maximum Gasteiger partial charge on any atom is 0.263 e. The molecule has 0 saturated heterocycles. The number of carbonyl (C=O) groups excluding carboxylic acids is 1. The number of carbonyl (C=O) groups is 1. The lowest BCUT2D eigenvalue weighted by Crippen LogP contribution is -2.26. The minimum absolute atomic E-state index is 0.0350. The summed E-state index contributed by atoms with van der Waals surface area (Å²) in [5.74, 6) is -0.0598. The van der Waals surface area contributed by atoms with Crippen LogP contribution in [0.25, 0.3) is 0 Å². The van der Waals surface area contributed by atoms with Crippen LogP contribution >= 0.6 is 11.3 Å². The van der Waals surface area contributed by atoms with E-state index in [-0.39, 0.29) is 11.9 Å². The second-order valence-corrected chi connectivity index (χ2v) is 7.03. The van der Waals surface area contributed by atoms with E-state index in [9.17, 15) is 4.79 Å². The Morgan fingerprint density at radius 3 is 2.60 bits per heavy atom. The third-order valence-electron chi connectivity index (χ3n) is 4.02. The highest BCUT2D eigenvalue weighted by Crippen LogP contribution is 2.21. The van der Waals surface area contributed by atoms with E-state index in [1.807, 2.05) is 62.4 Å². The van der Waals surface area contributed by atoms with Crippen LogP contribution in [0.2, 0.25) is 0 Å².